The Kier molecular flexibility index (Phi) is 4.66. The minimum absolute atomic E-state index is 0.0278. The number of esters is 1. The van der Waals surface area contributed by atoms with Crippen molar-refractivity contribution in [2.24, 2.45) is 0 Å². The maximum atomic E-state index is 13.6. The third-order valence-corrected chi connectivity index (χ3v) is 4.86. The molecule has 0 aliphatic carbocycles. The molecule has 8 nitrogen and oxygen atoms in total. The number of aliphatic hydroxyl groups is 1. The summed E-state index contributed by atoms with van der Waals surface area (Å²) in [5.41, 5.74) is -0.566. The molecule has 10 heteroatoms. The lowest BCUT2D eigenvalue weighted by molar-refractivity contribution is -0.156. The van der Waals surface area contributed by atoms with Crippen molar-refractivity contribution in [1.29, 1.82) is 0 Å². The standard InChI is InChI=1S/C21H24FN3O5S/c1-12(2)19-17(9-8-16-10-15(26)11-18(27)30-16)20(13-4-6-14(22)7-5-13)24-21(23-19)25-31(3,28)29/h4-9,12,15-16,26H,10-11H2,1-3H3,(H,23,24,25)/b9-8+/t15-,16-/m0/s1/i1D3,2D3. The molecule has 1 aliphatic heterocycles. The number of carbonyl (C=O) groups is 1. The van der Waals surface area contributed by atoms with E-state index in [0.717, 1.165) is 18.4 Å². The lowest BCUT2D eigenvalue weighted by Gasteiger charge is -2.23. The molecule has 0 spiro atoms. The van der Waals surface area contributed by atoms with E-state index in [4.69, 9.17) is 13.0 Å². The summed E-state index contributed by atoms with van der Waals surface area (Å²) in [7, 11) is -3.97. The summed E-state index contributed by atoms with van der Waals surface area (Å²) in [5.74, 6) is -4.04. The Hall–Kier alpha value is -2.85. The lowest BCUT2D eigenvalue weighted by atomic mass is 9.97. The predicted octanol–water partition coefficient (Wildman–Crippen LogP) is 2.86. The number of ether oxygens (including phenoxy) is 1. The van der Waals surface area contributed by atoms with Gasteiger partial charge in [-0.15, -0.1) is 0 Å². The Morgan fingerprint density at radius 3 is 2.65 bits per heavy atom. The van der Waals surface area contributed by atoms with Crippen molar-refractivity contribution in [3.63, 3.8) is 0 Å². The molecule has 1 aromatic heterocycles. The first-order chi connectivity index (χ1) is 16.9. The second-order valence-corrected chi connectivity index (χ2v) is 8.74. The molecule has 31 heavy (non-hydrogen) atoms. The van der Waals surface area contributed by atoms with E-state index in [0.29, 0.717) is 0 Å². The van der Waals surface area contributed by atoms with Crippen molar-refractivity contribution in [1.82, 2.24) is 9.97 Å². The molecular formula is C21H24FN3O5S. The van der Waals surface area contributed by atoms with Gasteiger partial charge in [-0.2, -0.15) is 0 Å². The van der Waals surface area contributed by atoms with Crippen molar-refractivity contribution < 1.29 is 35.7 Å². The average Bonchev–Trinajstić information content (AvgIpc) is 2.69. The van der Waals surface area contributed by atoms with Crippen molar-refractivity contribution in [2.45, 2.75) is 44.7 Å². The van der Waals surface area contributed by atoms with Crippen LogP contribution in [0.2, 0.25) is 0 Å². The van der Waals surface area contributed by atoms with Gasteiger partial charge in [-0.25, -0.2) is 22.8 Å². The Balaban J connectivity index is 2.34. The minimum Gasteiger partial charge on any atom is -0.458 e. The molecule has 0 saturated carbocycles. The SMILES string of the molecule is [2H]C([2H])([2H])C(c1nc(NS(C)(=O)=O)nc(-c2ccc(F)cc2)c1/C=C/[C@H]1C[C@H](O)CC(=O)O1)C([2H])([2H])[2H]. The van der Waals surface area contributed by atoms with Gasteiger partial charge in [0.1, 0.15) is 11.9 Å². The fourth-order valence-electron chi connectivity index (χ4n) is 3.04. The highest BCUT2D eigenvalue weighted by Crippen LogP contribution is 2.31. The Labute approximate surface area is 188 Å². The van der Waals surface area contributed by atoms with Crippen LogP contribution in [0.1, 0.15) is 51.9 Å². The van der Waals surface area contributed by atoms with Crippen LogP contribution in [0.15, 0.2) is 30.3 Å². The number of nitrogens with one attached hydrogen (secondary N) is 1. The third-order valence-electron chi connectivity index (χ3n) is 4.31. The van der Waals surface area contributed by atoms with Crippen LogP contribution in [0.25, 0.3) is 17.3 Å². The summed E-state index contributed by atoms with van der Waals surface area (Å²) in [6.45, 7) is -6.23. The first-order valence-electron chi connectivity index (χ1n) is 12.2. The number of nitrogens with zero attached hydrogens (tertiary/aromatic N) is 2. The molecule has 0 bridgehead atoms. The summed E-state index contributed by atoms with van der Waals surface area (Å²) in [6.07, 6.45) is 1.27. The number of hydrogen-bond acceptors (Lipinski definition) is 7. The number of hydrogen-bond donors (Lipinski definition) is 2. The monoisotopic (exact) mass is 455 g/mol. The quantitative estimate of drug-likeness (QED) is 0.643. The number of aliphatic hydroxyl groups excluding tert-OH is 1. The second kappa shape index (κ2) is 9.11. The molecule has 1 fully saturated rings. The molecule has 0 unspecified atom stereocenters. The van der Waals surface area contributed by atoms with E-state index < -0.39 is 65.3 Å². The fourth-order valence-corrected chi connectivity index (χ4v) is 3.46. The fraction of sp³-hybridized carbons (Fsp3) is 0.381. The molecule has 1 aliphatic rings. The Morgan fingerprint density at radius 1 is 1.32 bits per heavy atom. The van der Waals surface area contributed by atoms with E-state index in [1.807, 2.05) is 4.72 Å². The van der Waals surface area contributed by atoms with E-state index in [1.165, 1.54) is 24.3 Å². The molecule has 0 radical (unpaired) electrons. The van der Waals surface area contributed by atoms with Gasteiger partial charge < -0.3 is 9.84 Å². The minimum atomic E-state index is -3.97. The number of carbonyl (C=O) groups excluding carboxylic acids is 1. The molecule has 166 valence electrons. The highest BCUT2D eigenvalue weighted by Gasteiger charge is 2.26. The second-order valence-electron chi connectivity index (χ2n) is 6.99. The number of rotatable bonds is 6. The number of benzene rings is 1. The zero-order valence-corrected chi connectivity index (χ0v) is 17.2. The van der Waals surface area contributed by atoms with Gasteiger partial charge >= 0.3 is 5.97 Å². The Morgan fingerprint density at radius 2 is 2.03 bits per heavy atom. The number of halogens is 1. The van der Waals surface area contributed by atoms with Gasteiger partial charge in [-0.05, 0) is 36.3 Å². The van der Waals surface area contributed by atoms with Crippen molar-refractivity contribution in [3.8, 4) is 11.3 Å². The predicted molar refractivity (Wildman–Crippen MR) is 114 cm³/mol. The molecule has 1 aromatic carbocycles. The molecule has 2 heterocycles. The number of cyclic esters (lactones) is 1. The van der Waals surface area contributed by atoms with Crippen LogP contribution < -0.4 is 4.72 Å². The smallest absolute Gasteiger partial charge is 0.309 e. The van der Waals surface area contributed by atoms with Gasteiger partial charge in [0.05, 0.1) is 30.2 Å². The van der Waals surface area contributed by atoms with Crippen LogP contribution in [0, 0.1) is 5.82 Å². The summed E-state index contributed by atoms with van der Waals surface area (Å²) in [4.78, 5) is 19.9. The van der Waals surface area contributed by atoms with Gasteiger partial charge in [-0.3, -0.25) is 9.52 Å². The Bertz CT molecular complexity index is 1290. The molecule has 2 atom stereocenters. The first kappa shape index (κ1) is 15.9. The van der Waals surface area contributed by atoms with E-state index in [-0.39, 0.29) is 29.7 Å². The number of aromatic nitrogens is 2. The van der Waals surface area contributed by atoms with Gasteiger partial charge in [0.25, 0.3) is 0 Å². The van der Waals surface area contributed by atoms with Crippen molar-refractivity contribution in [2.75, 3.05) is 11.0 Å². The summed E-state index contributed by atoms with van der Waals surface area (Å²) in [5, 5.41) is 9.90. The van der Waals surface area contributed by atoms with Crippen molar-refractivity contribution >= 4 is 28.0 Å². The molecule has 2 N–H and O–H groups in total. The maximum Gasteiger partial charge on any atom is 0.309 e. The van der Waals surface area contributed by atoms with Crippen LogP contribution in [0.4, 0.5) is 10.3 Å². The summed E-state index contributed by atoms with van der Waals surface area (Å²) >= 11 is 0. The van der Waals surface area contributed by atoms with Crippen LogP contribution >= 0.6 is 0 Å². The van der Waals surface area contributed by atoms with E-state index in [1.54, 1.807) is 0 Å². The maximum absolute atomic E-state index is 13.6. The highest BCUT2D eigenvalue weighted by atomic mass is 32.2. The lowest BCUT2D eigenvalue weighted by Crippen LogP contribution is -2.31. The van der Waals surface area contributed by atoms with Crippen LogP contribution in [0.5, 0.6) is 0 Å². The van der Waals surface area contributed by atoms with E-state index in [2.05, 4.69) is 9.97 Å². The number of sulfonamides is 1. The molecule has 0 amide bonds. The first-order valence-corrected chi connectivity index (χ1v) is 11.0. The van der Waals surface area contributed by atoms with Crippen LogP contribution in [0.3, 0.4) is 0 Å². The van der Waals surface area contributed by atoms with Gasteiger partial charge in [0.2, 0.25) is 16.0 Å². The summed E-state index contributed by atoms with van der Waals surface area (Å²) in [6, 6.07) is 4.73. The zero-order valence-electron chi connectivity index (χ0n) is 22.4. The van der Waals surface area contributed by atoms with Gasteiger partial charge in [0, 0.05) is 25.8 Å². The van der Waals surface area contributed by atoms with E-state index >= 15 is 0 Å². The molecular weight excluding hydrogens is 425 g/mol. The molecule has 2 aromatic rings. The largest absolute Gasteiger partial charge is 0.458 e. The summed E-state index contributed by atoms with van der Waals surface area (Å²) < 4.78 is 92.1. The normalized spacial score (nSPS) is 23.3. The number of anilines is 1. The van der Waals surface area contributed by atoms with Gasteiger partial charge in [-0.1, -0.05) is 19.8 Å². The van der Waals surface area contributed by atoms with Crippen molar-refractivity contribution in [3.05, 3.63) is 47.4 Å². The van der Waals surface area contributed by atoms with E-state index in [9.17, 15) is 22.7 Å². The molecule has 3 rings (SSSR count). The molecule has 1 saturated heterocycles. The van der Waals surface area contributed by atoms with Crippen LogP contribution in [-0.4, -0.2) is 47.9 Å². The third kappa shape index (κ3) is 6.08. The average molecular weight is 456 g/mol. The topological polar surface area (TPSA) is 118 Å². The van der Waals surface area contributed by atoms with Gasteiger partial charge in [0.15, 0.2) is 0 Å². The zero-order chi connectivity index (χ0) is 27.8. The van der Waals surface area contributed by atoms with Crippen LogP contribution in [-0.2, 0) is 19.6 Å². The highest BCUT2D eigenvalue weighted by molar-refractivity contribution is 7.91.